The van der Waals surface area contributed by atoms with Gasteiger partial charge in [0.05, 0.1) is 31.2 Å². The molecule has 3 aromatic carbocycles. The topological polar surface area (TPSA) is 93.1 Å². The van der Waals surface area contributed by atoms with E-state index in [9.17, 15) is 18.3 Å². The number of carboxylic acid groups (broad SMARTS) is 1. The van der Waals surface area contributed by atoms with Gasteiger partial charge in [-0.3, -0.25) is 4.31 Å². The first-order valence-corrected chi connectivity index (χ1v) is 14.0. The Kier molecular flexibility index (Phi) is 7.05. The number of rotatable bonds is 6. The van der Waals surface area contributed by atoms with Crippen molar-refractivity contribution in [2.24, 2.45) is 0 Å². The molecule has 1 aliphatic heterocycles. The number of anilines is 1. The minimum atomic E-state index is -3.81. The van der Waals surface area contributed by atoms with Crippen LogP contribution in [0, 0.1) is 19.7 Å². The molecule has 1 atom stereocenters. The van der Waals surface area contributed by atoms with Crippen LogP contribution in [0.4, 0.5) is 10.1 Å². The standard InChI is InChI=1S/C29H32FNO6S/c1-16-22(18-11-13-20(36-6)14-12-18)24(27(28(32)33)37-29(3,4)5)17(2)26-23(16)25-19(9-8-10-21(25)30)15-31(26)38(7,34)35/h8-14,27H,15H2,1-7H3,(H,32,33)/t27-/m0/s1. The highest BCUT2D eigenvalue weighted by molar-refractivity contribution is 7.92. The van der Waals surface area contributed by atoms with Crippen LogP contribution in [-0.4, -0.2) is 38.5 Å². The van der Waals surface area contributed by atoms with Crippen molar-refractivity contribution in [3.05, 3.63) is 70.5 Å². The lowest BCUT2D eigenvalue weighted by atomic mass is 9.80. The van der Waals surface area contributed by atoms with Gasteiger partial charge in [0.2, 0.25) is 10.0 Å². The van der Waals surface area contributed by atoms with Crippen molar-refractivity contribution in [3.8, 4) is 28.0 Å². The number of fused-ring (bicyclic) bond motifs is 3. The summed E-state index contributed by atoms with van der Waals surface area (Å²) in [5, 5.41) is 10.4. The Hall–Kier alpha value is -3.43. The molecule has 1 heterocycles. The van der Waals surface area contributed by atoms with Crippen molar-refractivity contribution in [3.63, 3.8) is 0 Å². The molecule has 0 aromatic heterocycles. The Morgan fingerprint density at radius 2 is 1.66 bits per heavy atom. The van der Waals surface area contributed by atoms with Crippen LogP contribution in [0.15, 0.2) is 42.5 Å². The summed E-state index contributed by atoms with van der Waals surface area (Å²) >= 11 is 0. The van der Waals surface area contributed by atoms with E-state index < -0.39 is 33.5 Å². The van der Waals surface area contributed by atoms with Crippen LogP contribution < -0.4 is 9.04 Å². The summed E-state index contributed by atoms with van der Waals surface area (Å²) in [6.45, 7) is 8.63. The van der Waals surface area contributed by atoms with Crippen LogP contribution in [0.2, 0.25) is 0 Å². The van der Waals surface area contributed by atoms with Gasteiger partial charge in [0.15, 0.2) is 6.10 Å². The van der Waals surface area contributed by atoms with Crippen molar-refractivity contribution in [2.45, 2.75) is 52.9 Å². The van der Waals surface area contributed by atoms with Gasteiger partial charge in [0.1, 0.15) is 11.6 Å². The molecule has 0 saturated heterocycles. The molecule has 9 heteroatoms. The minimum Gasteiger partial charge on any atom is -0.497 e. The van der Waals surface area contributed by atoms with Gasteiger partial charge >= 0.3 is 5.97 Å². The Bertz CT molecular complexity index is 1520. The summed E-state index contributed by atoms with van der Waals surface area (Å²) in [4.78, 5) is 12.7. The number of carbonyl (C=O) groups is 1. The second kappa shape index (κ2) is 9.71. The van der Waals surface area contributed by atoms with E-state index in [2.05, 4.69) is 0 Å². The molecular formula is C29H32FNO6S. The lowest BCUT2D eigenvalue weighted by Crippen LogP contribution is -2.35. The predicted molar refractivity (Wildman–Crippen MR) is 146 cm³/mol. The van der Waals surface area contributed by atoms with Gasteiger partial charge in [0.25, 0.3) is 0 Å². The van der Waals surface area contributed by atoms with Crippen LogP contribution in [0.1, 0.15) is 49.1 Å². The number of carboxylic acids is 1. The molecule has 0 spiro atoms. The Morgan fingerprint density at radius 1 is 1.03 bits per heavy atom. The van der Waals surface area contributed by atoms with E-state index in [0.29, 0.717) is 50.3 Å². The lowest BCUT2D eigenvalue weighted by Gasteiger charge is -2.37. The maximum Gasteiger partial charge on any atom is 0.337 e. The molecule has 1 aliphatic rings. The summed E-state index contributed by atoms with van der Waals surface area (Å²) in [5.41, 5.74) is 3.18. The Labute approximate surface area is 222 Å². The summed E-state index contributed by atoms with van der Waals surface area (Å²) in [7, 11) is -2.26. The lowest BCUT2D eigenvalue weighted by molar-refractivity contribution is -0.160. The molecular weight excluding hydrogens is 509 g/mol. The van der Waals surface area contributed by atoms with Gasteiger partial charge in [-0.05, 0) is 80.6 Å². The third-order valence-electron chi connectivity index (χ3n) is 6.67. The number of hydrogen-bond donors (Lipinski definition) is 1. The van der Waals surface area contributed by atoms with E-state index >= 15 is 4.39 Å². The van der Waals surface area contributed by atoms with Gasteiger partial charge in [0, 0.05) is 16.7 Å². The second-order valence-corrected chi connectivity index (χ2v) is 12.4. The number of sulfonamides is 1. The Balaban J connectivity index is 2.22. The predicted octanol–water partition coefficient (Wildman–Crippen LogP) is 6.01. The number of halogens is 1. The first-order chi connectivity index (χ1) is 17.7. The number of nitrogens with zero attached hydrogens (tertiary/aromatic N) is 1. The highest BCUT2D eigenvalue weighted by Crippen LogP contribution is 2.52. The van der Waals surface area contributed by atoms with Gasteiger partial charge in [-0.15, -0.1) is 0 Å². The zero-order valence-corrected chi connectivity index (χ0v) is 23.4. The molecule has 7 nitrogen and oxygen atoms in total. The smallest absolute Gasteiger partial charge is 0.337 e. The molecule has 4 rings (SSSR count). The molecule has 0 unspecified atom stereocenters. The van der Waals surface area contributed by atoms with E-state index in [1.165, 1.54) is 10.4 Å². The minimum absolute atomic E-state index is 0.0710. The summed E-state index contributed by atoms with van der Waals surface area (Å²) in [6.07, 6.45) is -0.327. The van der Waals surface area contributed by atoms with Crippen molar-refractivity contribution in [1.82, 2.24) is 0 Å². The van der Waals surface area contributed by atoms with Gasteiger partial charge < -0.3 is 14.6 Å². The third-order valence-corrected chi connectivity index (χ3v) is 7.78. The molecule has 3 aromatic rings. The first kappa shape index (κ1) is 27.6. The van der Waals surface area contributed by atoms with Gasteiger partial charge in [-0.25, -0.2) is 17.6 Å². The van der Waals surface area contributed by atoms with Crippen LogP contribution in [0.3, 0.4) is 0 Å². The van der Waals surface area contributed by atoms with Gasteiger partial charge in [-0.1, -0.05) is 24.3 Å². The molecule has 0 saturated carbocycles. The monoisotopic (exact) mass is 541 g/mol. The maximum atomic E-state index is 15.4. The fourth-order valence-corrected chi connectivity index (χ4v) is 6.10. The summed E-state index contributed by atoms with van der Waals surface area (Å²) in [6, 6.07) is 11.7. The summed E-state index contributed by atoms with van der Waals surface area (Å²) < 4.78 is 54.1. The third kappa shape index (κ3) is 4.88. The van der Waals surface area contributed by atoms with Crippen LogP contribution in [0.25, 0.3) is 22.3 Å². The molecule has 0 aliphatic carbocycles. The SMILES string of the molecule is COc1ccc(-c2c(C)c3c(c(C)c2[C@H](OC(C)(C)C)C(=O)O)N(S(C)(=O)=O)Cc2cccc(F)c2-3)cc1. The Morgan fingerprint density at radius 3 is 2.18 bits per heavy atom. The molecule has 0 amide bonds. The number of methoxy groups -OCH3 is 1. The highest BCUT2D eigenvalue weighted by Gasteiger charge is 2.39. The van der Waals surface area contributed by atoms with E-state index in [1.54, 1.807) is 78.1 Å². The second-order valence-electron chi connectivity index (χ2n) is 10.5. The largest absolute Gasteiger partial charge is 0.497 e. The van der Waals surface area contributed by atoms with Crippen LogP contribution in [0.5, 0.6) is 5.75 Å². The number of aliphatic carboxylic acids is 1. The molecule has 202 valence electrons. The molecule has 0 bridgehead atoms. The van der Waals surface area contributed by atoms with Crippen molar-refractivity contribution in [1.29, 1.82) is 0 Å². The quantitative estimate of drug-likeness (QED) is 0.411. The van der Waals surface area contributed by atoms with E-state index in [1.807, 2.05) is 0 Å². The zero-order chi connectivity index (χ0) is 28.2. The summed E-state index contributed by atoms with van der Waals surface area (Å²) in [5.74, 6) is -1.08. The van der Waals surface area contributed by atoms with Gasteiger partial charge in [-0.2, -0.15) is 0 Å². The average molecular weight is 542 g/mol. The van der Waals surface area contributed by atoms with E-state index in [-0.39, 0.29) is 12.2 Å². The number of ether oxygens (including phenoxy) is 2. The van der Waals surface area contributed by atoms with E-state index in [4.69, 9.17) is 9.47 Å². The average Bonchev–Trinajstić information content (AvgIpc) is 2.83. The number of benzene rings is 3. The van der Waals surface area contributed by atoms with Crippen LogP contribution in [-0.2, 0) is 26.1 Å². The normalized spacial score (nSPS) is 14.1. The van der Waals surface area contributed by atoms with Crippen LogP contribution >= 0.6 is 0 Å². The fourth-order valence-electron chi connectivity index (χ4n) is 5.17. The van der Waals surface area contributed by atoms with Crippen molar-refractivity contribution < 1.29 is 32.2 Å². The van der Waals surface area contributed by atoms with Crippen molar-refractivity contribution >= 4 is 21.7 Å². The first-order valence-electron chi connectivity index (χ1n) is 12.1. The van der Waals surface area contributed by atoms with E-state index in [0.717, 1.165) is 6.26 Å². The number of hydrogen-bond acceptors (Lipinski definition) is 5. The molecule has 38 heavy (non-hydrogen) atoms. The molecule has 1 N–H and O–H groups in total. The fraction of sp³-hybridized carbons (Fsp3) is 0.345. The molecule has 0 fully saturated rings. The molecule has 0 radical (unpaired) electrons. The zero-order valence-electron chi connectivity index (χ0n) is 22.5. The highest BCUT2D eigenvalue weighted by atomic mass is 32.2. The maximum absolute atomic E-state index is 15.4. The van der Waals surface area contributed by atoms with Crippen molar-refractivity contribution in [2.75, 3.05) is 17.7 Å².